The number of rotatable bonds is 2. The summed E-state index contributed by atoms with van der Waals surface area (Å²) in [5.74, 6) is -1.38. The molecular formula is C13H11BrN4O3. The molecule has 0 fully saturated rings. The molecule has 3 heterocycles. The highest BCUT2D eigenvalue weighted by Crippen LogP contribution is 2.23. The Balaban J connectivity index is 1.95. The molecule has 1 aliphatic rings. The highest BCUT2D eigenvalue weighted by molar-refractivity contribution is 9.10. The van der Waals surface area contributed by atoms with E-state index < -0.39 is 12.0 Å². The first-order valence-electron chi connectivity index (χ1n) is 6.22. The number of hydrogen-bond donors (Lipinski definition) is 2. The zero-order valence-corrected chi connectivity index (χ0v) is 12.4. The van der Waals surface area contributed by atoms with Gasteiger partial charge >= 0.3 is 5.97 Å². The van der Waals surface area contributed by atoms with Crippen molar-refractivity contribution in [3.05, 3.63) is 46.2 Å². The molecule has 1 unspecified atom stereocenters. The Bertz CT molecular complexity index is 715. The van der Waals surface area contributed by atoms with Crippen LogP contribution in [0.5, 0.6) is 0 Å². The Hall–Kier alpha value is -2.22. The Morgan fingerprint density at radius 1 is 1.43 bits per heavy atom. The zero-order valence-electron chi connectivity index (χ0n) is 10.8. The van der Waals surface area contributed by atoms with E-state index in [1.165, 1.54) is 17.4 Å². The smallest absolute Gasteiger partial charge is 0.326 e. The molecule has 0 saturated carbocycles. The molecule has 0 aliphatic carbocycles. The fraction of sp³-hybridized carbons (Fsp3) is 0.231. The van der Waals surface area contributed by atoms with Crippen LogP contribution >= 0.6 is 15.9 Å². The Kier molecular flexibility index (Phi) is 3.46. The molecule has 1 atom stereocenters. The number of halogens is 1. The molecule has 8 heteroatoms. The molecule has 2 N–H and O–H groups in total. The Morgan fingerprint density at radius 2 is 2.24 bits per heavy atom. The molecule has 0 aromatic carbocycles. The molecule has 21 heavy (non-hydrogen) atoms. The molecule has 0 saturated heterocycles. The third kappa shape index (κ3) is 2.54. The number of H-pyrrole nitrogens is 1. The number of carboxylic acid groups (broad SMARTS) is 1. The average molecular weight is 351 g/mol. The molecule has 3 rings (SSSR count). The van der Waals surface area contributed by atoms with Crippen LogP contribution in [0.4, 0.5) is 0 Å². The second-order valence-electron chi connectivity index (χ2n) is 4.69. The number of fused-ring (bicyclic) bond motifs is 1. The van der Waals surface area contributed by atoms with E-state index in [-0.39, 0.29) is 18.9 Å². The molecule has 108 valence electrons. The number of carboxylic acids is 1. The summed E-state index contributed by atoms with van der Waals surface area (Å²) >= 11 is 3.20. The van der Waals surface area contributed by atoms with Crippen molar-refractivity contribution >= 4 is 27.8 Å². The number of carbonyl (C=O) groups excluding carboxylic acids is 1. The minimum atomic E-state index is -1.04. The van der Waals surface area contributed by atoms with Crippen LogP contribution in [-0.4, -0.2) is 42.9 Å². The number of amides is 1. The average Bonchev–Trinajstić information content (AvgIpc) is 2.92. The van der Waals surface area contributed by atoms with Crippen LogP contribution in [0.15, 0.2) is 29.3 Å². The number of aromatic nitrogens is 3. The van der Waals surface area contributed by atoms with Gasteiger partial charge in [0.1, 0.15) is 10.6 Å². The van der Waals surface area contributed by atoms with E-state index in [1.807, 2.05) is 0 Å². The second-order valence-corrected chi connectivity index (χ2v) is 5.50. The van der Waals surface area contributed by atoms with Crippen LogP contribution in [0.3, 0.4) is 0 Å². The van der Waals surface area contributed by atoms with Crippen molar-refractivity contribution in [3.8, 4) is 0 Å². The van der Waals surface area contributed by atoms with E-state index >= 15 is 0 Å². The zero-order chi connectivity index (χ0) is 15.0. The van der Waals surface area contributed by atoms with Gasteiger partial charge in [-0.1, -0.05) is 0 Å². The summed E-state index contributed by atoms with van der Waals surface area (Å²) < 4.78 is 0.527. The van der Waals surface area contributed by atoms with Gasteiger partial charge in [-0.25, -0.2) is 14.8 Å². The van der Waals surface area contributed by atoms with Crippen LogP contribution in [0, 0.1) is 0 Å². The standard InChI is InChI=1S/C13H11BrN4O3/c14-11-3-7(1-2-15-11)12(19)18-5-9-8(16-6-17-9)4-10(18)13(20)21/h1-3,6,10H,4-5H2,(H,16,17)(H,20,21). The summed E-state index contributed by atoms with van der Waals surface area (Å²) in [4.78, 5) is 36.4. The van der Waals surface area contributed by atoms with Crippen molar-refractivity contribution in [2.45, 2.75) is 19.0 Å². The van der Waals surface area contributed by atoms with Gasteiger partial charge in [-0.05, 0) is 28.1 Å². The SMILES string of the molecule is O=C(O)C1Cc2nc[nH]c2CN1C(=O)c1ccnc(Br)c1. The molecule has 0 bridgehead atoms. The summed E-state index contributed by atoms with van der Waals surface area (Å²) in [6.07, 6.45) is 3.21. The minimum Gasteiger partial charge on any atom is -0.480 e. The van der Waals surface area contributed by atoms with Crippen molar-refractivity contribution in [2.24, 2.45) is 0 Å². The van der Waals surface area contributed by atoms with Crippen molar-refractivity contribution in [2.75, 3.05) is 0 Å². The van der Waals surface area contributed by atoms with E-state index in [0.717, 1.165) is 5.69 Å². The fourth-order valence-electron chi connectivity index (χ4n) is 2.37. The number of pyridine rings is 1. The molecular weight excluding hydrogens is 340 g/mol. The number of aliphatic carboxylic acids is 1. The number of hydrogen-bond acceptors (Lipinski definition) is 4. The van der Waals surface area contributed by atoms with Gasteiger partial charge in [-0.2, -0.15) is 0 Å². The summed E-state index contributed by atoms with van der Waals surface area (Å²) in [7, 11) is 0. The number of carbonyl (C=O) groups is 2. The number of nitrogens with one attached hydrogen (secondary N) is 1. The predicted molar refractivity (Wildman–Crippen MR) is 75.5 cm³/mol. The second kappa shape index (κ2) is 5.28. The van der Waals surface area contributed by atoms with Crippen LogP contribution in [-0.2, 0) is 17.8 Å². The van der Waals surface area contributed by atoms with Crippen molar-refractivity contribution in [1.82, 2.24) is 19.9 Å². The third-order valence-corrected chi connectivity index (χ3v) is 3.85. The molecule has 2 aromatic rings. The topological polar surface area (TPSA) is 99.2 Å². The lowest BCUT2D eigenvalue weighted by molar-refractivity contribution is -0.142. The van der Waals surface area contributed by atoms with Crippen molar-refractivity contribution in [1.29, 1.82) is 0 Å². The normalized spacial score (nSPS) is 17.4. The van der Waals surface area contributed by atoms with Gasteiger partial charge in [0.05, 0.1) is 24.3 Å². The highest BCUT2D eigenvalue weighted by Gasteiger charge is 2.36. The van der Waals surface area contributed by atoms with Crippen LogP contribution < -0.4 is 0 Å². The number of aromatic amines is 1. The summed E-state index contributed by atoms with van der Waals surface area (Å²) in [6, 6.07) is 2.22. The summed E-state index contributed by atoms with van der Waals surface area (Å²) in [5, 5.41) is 9.37. The van der Waals surface area contributed by atoms with E-state index in [1.54, 1.807) is 12.1 Å². The van der Waals surface area contributed by atoms with E-state index in [4.69, 9.17) is 0 Å². The molecule has 1 aliphatic heterocycles. The first kappa shape index (κ1) is 13.7. The van der Waals surface area contributed by atoms with E-state index in [2.05, 4.69) is 30.9 Å². The Labute approximate surface area is 128 Å². The monoisotopic (exact) mass is 350 g/mol. The number of imidazole rings is 1. The highest BCUT2D eigenvalue weighted by atomic mass is 79.9. The molecule has 1 amide bonds. The first-order chi connectivity index (χ1) is 10.1. The Morgan fingerprint density at radius 3 is 2.95 bits per heavy atom. The first-order valence-corrected chi connectivity index (χ1v) is 7.02. The maximum Gasteiger partial charge on any atom is 0.326 e. The van der Waals surface area contributed by atoms with Crippen LogP contribution in [0.1, 0.15) is 21.7 Å². The molecule has 7 nitrogen and oxygen atoms in total. The van der Waals surface area contributed by atoms with E-state index in [9.17, 15) is 14.7 Å². The molecule has 2 aromatic heterocycles. The molecule has 0 radical (unpaired) electrons. The largest absolute Gasteiger partial charge is 0.480 e. The summed E-state index contributed by atoms with van der Waals surface area (Å²) in [6.45, 7) is 0.199. The van der Waals surface area contributed by atoms with Gasteiger partial charge in [0.25, 0.3) is 5.91 Å². The number of nitrogens with zero attached hydrogens (tertiary/aromatic N) is 3. The summed E-state index contributed by atoms with van der Waals surface area (Å²) in [5.41, 5.74) is 1.86. The quantitative estimate of drug-likeness (QED) is 0.793. The van der Waals surface area contributed by atoms with Gasteiger partial charge in [0.2, 0.25) is 0 Å². The lowest BCUT2D eigenvalue weighted by atomic mass is 10.0. The van der Waals surface area contributed by atoms with Crippen LogP contribution in [0.25, 0.3) is 0 Å². The maximum absolute atomic E-state index is 12.6. The predicted octanol–water partition coefficient (Wildman–Crippen LogP) is 1.22. The lowest BCUT2D eigenvalue weighted by Crippen LogP contribution is -2.48. The van der Waals surface area contributed by atoms with Gasteiger partial charge < -0.3 is 15.0 Å². The minimum absolute atomic E-state index is 0.199. The van der Waals surface area contributed by atoms with Gasteiger partial charge in [-0.3, -0.25) is 4.79 Å². The lowest BCUT2D eigenvalue weighted by Gasteiger charge is -2.32. The maximum atomic E-state index is 12.6. The van der Waals surface area contributed by atoms with Crippen molar-refractivity contribution in [3.63, 3.8) is 0 Å². The van der Waals surface area contributed by atoms with Gasteiger partial charge in [-0.15, -0.1) is 0 Å². The fourth-order valence-corrected chi connectivity index (χ4v) is 2.74. The third-order valence-electron chi connectivity index (χ3n) is 3.42. The van der Waals surface area contributed by atoms with Crippen LogP contribution in [0.2, 0.25) is 0 Å². The van der Waals surface area contributed by atoms with E-state index in [0.29, 0.717) is 15.9 Å². The van der Waals surface area contributed by atoms with Crippen molar-refractivity contribution < 1.29 is 14.7 Å². The molecule has 0 spiro atoms. The van der Waals surface area contributed by atoms with Gasteiger partial charge in [0, 0.05) is 18.2 Å². The van der Waals surface area contributed by atoms with Gasteiger partial charge in [0.15, 0.2) is 0 Å².